The topological polar surface area (TPSA) is 59.8 Å². The maximum atomic E-state index is 12.5. The van der Waals surface area contributed by atoms with Crippen molar-refractivity contribution in [3.8, 4) is 17.1 Å². The fraction of sp³-hybridized carbons (Fsp3) is 0.0870. The van der Waals surface area contributed by atoms with Crippen molar-refractivity contribution >= 4 is 35.0 Å². The molecule has 7 heteroatoms. The summed E-state index contributed by atoms with van der Waals surface area (Å²) in [7, 11) is 0. The summed E-state index contributed by atoms with van der Waals surface area (Å²) in [6.45, 7) is 1.96. The summed E-state index contributed by atoms with van der Waals surface area (Å²) in [5.41, 5.74) is 3.51. The van der Waals surface area contributed by atoms with E-state index in [1.807, 2.05) is 90.4 Å². The first kappa shape index (κ1) is 20.2. The van der Waals surface area contributed by atoms with Gasteiger partial charge in [0.2, 0.25) is 5.91 Å². The molecule has 1 aromatic heterocycles. The lowest BCUT2D eigenvalue weighted by Gasteiger charge is -2.11. The number of para-hydroxylation sites is 2. The zero-order valence-electron chi connectivity index (χ0n) is 16.2. The van der Waals surface area contributed by atoms with Crippen LogP contribution >= 0.6 is 23.4 Å². The summed E-state index contributed by atoms with van der Waals surface area (Å²) in [6.07, 6.45) is 0. The van der Waals surface area contributed by atoms with Crippen molar-refractivity contribution in [1.29, 1.82) is 0 Å². The highest BCUT2D eigenvalue weighted by Gasteiger charge is 2.19. The Bertz CT molecular complexity index is 1180. The Kier molecular flexibility index (Phi) is 6.16. The third-order valence-corrected chi connectivity index (χ3v) is 5.77. The molecule has 0 spiro atoms. The number of thioether (sulfide) groups is 1. The molecule has 0 saturated heterocycles. The average molecular weight is 435 g/mol. The lowest BCUT2D eigenvalue weighted by Crippen LogP contribution is -2.15. The van der Waals surface area contributed by atoms with Crippen molar-refractivity contribution in [2.45, 2.75) is 12.1 Å². The van der Waals surface area contributed by atoms with Crippen LogP contribution in [0.2, 0.25) is 5.02 Å². The number of benzene rings is 3. The molecule has 150 valence electrons. The SMILES string of the molecule is Cc1ccccc1NC(=O)CSc1nnc(-c2ccccc2Cl)n1-c1ccccc1. The second-order valence-corrected chi connectivity index (χ2v) is 7.96. The number of carbonyl (C=O) groups excluding carboxylic acids is 1. The van der Waals surface area contributed by atoms with E-state index in [1.165, 1.54) is 11.8 Å². The molecule has 1 amide bonds. The zero-order valence-corrected chi connectivity index (χ0v) is 17.8. The maximum Gasteiger partial charge on any atom is 0.234 e. The number of carbonyl (C=O) groups is 1. The van der Waals surface area contributed by atoms with Gasteiger partial charge in [0.05, 0.1) is 10.8 Å². The Balaban J connectivity index is 1.61. The predicted octanol–water partition coefficient (Wildman–Crippen LogP) is 5.63. The molecule has 0 unspecified atom stereocenters. The van der Waals surface area contributed by atoms with Gasteiger partial charge in [0.15, 0.2) is 11.0 Å². The normalized spacial score (nSPS) is 10.7. The first-order chi connectivity index (χ1) is 14.6. The van der Waals surface area contributed by atoms with Gasteiger partial charge in [-0.05, 0) is 42.8 Å². The van der Waals surface area contributed by atoms with E-state index in [1.54, 1.807) is 0 Å². The molecule has 3 aromatic carbocycles. The minimum atomic E-state index is -0.101. The van der Waals surface area contributed by atoms with Crippen molar-refractivity contribution < 1.29 is 4.79 Å². The van der Waals surface area contributed by atoms with Gasteiger partial charge in [-0.25, -0.2) is 0 Å². The van der Waals surface area contributed by atoms with E-state index in [2.05, 4.69) is 15.5 Å². The molecular weight excluding hydrogens is 416 g/mol. The van der Waals surface area contributed by atoms with Crippen LogP contribution in [0.1, 0.15) is 5.56 Å². The predicted molar refractivity (Wildman–Crippen MR) is 122 cm³/mol. The van der Waals surface area contributed by atoms with Crippen LogP contribution in [0, 0.1) is 6.92 Å². The Morgan fingerprint density at radius 1 is 0.967 bits per heavy atom. The number of nitrogens with one attached hydrogen (secondary N) is 1. The standard InChI is InChI=1S/C23H19ClN4OS/c1-16-9-5-8-14-20(16)25-21(29)15-30-23-27-26-22(18-12-6-7-13-19(18)24)28(23)17-10-3-2-4-11-17/h2-14H,15H2,1H3,(H,25,29). The summed E-state index contributed by atoms with van der Waals surface area (Å²) < 4.78 is 1.92. The molecular formula is C23H19ClN4OS. The molecule has 5 nitrogen and oxygen atoms in total. The lowest BCUT2D eigenvalue weighted by molar-refractivity contribution is -0.113. The van der Waals surface area contributed by atoms with E-state index in [0.29, 0.717) is 16.0 Å². The van der Waals surface area contributed by atoms with Crippen LogP contribution in [-0.2, 0) is 4.79 Å². The third-order valence-electron chi connectivity index (χ3n) is 4.51. The van der Waals surface area contributed by atoms with Crippen molar-refractivity contribution in [2.75, 3.05) is 11.1 Å². The summed E-state index contributed by atoms with van der Waals surface area (Å²) in [5, 5.41) is 12.9. The van der Waals surface area contributed by atoms with Gasteiger partial charge in [-0.1, -0.05) is 71.9 Å². The number of amides is 1. The molecule has 0 saturated carbocycles. The van der Waals surface area contributed by atoms with Crippen LogP contribution in [0.25, 0.3) is 17.1 Å². The molecule has 0 aliphatic carbocycles. The van der Waals surface area contributed by atoms with Crippen molar-refractivity contribution in [3.05, 3.63) is 89.4 Å². The van der Waals surface area contributed by atoms with Crippen LogP contribution in [0.5, 0.6) is 0 Å². The monoisotopic (exact) mass is 434 g/mol. The first-order valence-corrected chi connectivity index (χ1v) is 10.7. The Labute approximate surface area is 184 Å². The molecule has 0 aliphatic rings. The summed E-state index contributed by atoms with van der Waals surface area (Å²) in [4.78, 5) is 12.5. The van der Waals surface area contributed by atoms with Crippen LogP contribution in [0.15, 0.2) is 84.0 Å². The highest BCUT2D eigenvalue weighted by molar-refractivity contribution is 7.99. The number of nitrogens with zero attached hydrogens (tertiary/aromatic N) is 3. The van der Waals surface area contributed by atoms with E-state index in [-0.39, 0.29) is 11.7 Å². The van der Waals surface area contributed by atoms with Crippen LogP contribution < -0.4 is 5.32 Å². The van der Waals surface area contributed by atoms with Gasteiger partial charge < -0.3 is 5.32 Å². The Hall–Kier alpha value is -3.09. The quantitative estimate of drug-likeness (QED) is 0.400. The smallest absolute Gasteiger partial charge is 0.234 e. The second-order valence-electron chi connectivity index (χ2n) is 6.61. The van der Waals surface area contributed by atoms with Gasteiger partial charge in [0, 0.05) is 16.9 Å². The van der Waals surface area contributed by atoms with E-state index in [4.69, 9.17) is 11.6 Å². The highest BCUT2D eigenvalue weighted by atomic mass is 35.5. The number of hydrogen-bond donors (Lipinski definition) is 1. The number of aromatic nitrogens is 3. The summed E-state index contributed by atoms with van der Waals surface area (Å²) in [5.74, 6) is 0.742. The average Bonchev–Trinajstić information content (AvgIpc) is 3.18. The first-order valence-electron chi connectivity index (χ1n) is 9.37. The highest BCUT2D eigenvalue weighted by Crippen LogP contribution is 2.31. The lowest BCUT2D eigenvalue weighted by atomic mass is 10.2. The van der Waals surface area contributed by atoms with Crippen LogP contribution in [0.4, 0.5) is 5.69 Å². The van der Waals surface area contributed by atoms with Crippen LogP contribution in [-0.4, -0.2) is 26.4 Å². The Morgan fingerprint density at radius 3 is 2.43 bits per heavy atom. The minimum Gasteiger partial charge on any atom is -0.325 e. The number of anilines is 1. The van der Waals surface area contributed by atoms with E-state index >= 15 is 0 Å². The van der Waals surface area contributed by atoms with Crippen molar-refractivity contribution in [2.24, 2.45) is 0 Å². The molecule has 30 heavy (non-hydrogen) atoms. The largest absolute Gasteiger partial charge is 0.325 e. The molecule has 1 heterocycles. The van der Waals surface area contributed by atoms with Crippen LogP contribution in [0.3, 0.4) is 0 Å². The molecule has 0 radical (unpaired) electrons. The zero-order chi connectivity index (χ0) is 20.9. The van der Waals surface area contributed by atoms with E-state index in [0.717, 1.165) is 22.5 Å². The molecule has 0 fully saturated rings. The summed E-state index contributed by atoms with van der Waals surface area (Å²) >= 11 is 7.74. The van der Waals surface area contributed by atoms with E-state index in [9.17, 15) is 4.79 Å². The fourth-order valence-corrected chi connectivity index (χ4v) is 3.99. The number of rotatable bonds is 6. The van der Waals surface area contributed by atoms with Gasteiger partial charge in [0.25, 0.3) is 0 Å². The van der Waals surface area contributed by atoms with Gasteiger partial charge >= 0.3 is 0 Å². The third kappa shape index (κ3) is 4.40. The number of aryl methyl sites for hydroxylation is 1. The molecule has 0 atom stereocenters. The number of halogens is 1. The van der Waals surface area contributed by atoms with Crippen molar-refractivity contribution in [1.82, 2.24) is 14.8 Å². The summed E-state index contributed by atoms with van der Waals surface area (Å²) in [6, 6.07) is 25.0. The maximum absolute atomic E-state index is 12.5. The van der Waals surface area contributed by atoms with Crippen molar-refractivity contribution in [3.63, 3.8) is 0 Å². The molecule has 0 bridgehead atoms. The minimum absolute atomic E-state index is 0.101. The second kappa shape index (κ2) is 9.15. The Morgan fingerprint density at radius 2 is 1.67 bits per heavy atom. The molecule has 0 aliphatic heterocycles. The fourth-order valence-electron chi connectivity index (χ4n) is 3.02. The number of hydrogen-bond acceptors (Lipinski definition) is 4. The molecule has 4 rings (SSSR count). The molecule has 1 N–H and O–H groups in total. The van der Waals surface area contributed by atoms with E-state index < -0.39 is 0 Å². The van der Waals surface area contributed by atoms with Gasteiger partial charge in [-0.2, -0.15) is 0 Å². The van der Waals surface area contributed by atoms with Gasteiger partial charge in [0.1, 0.15) is 0 Å². The van der Waals surface area contributed by atoms with Gasteiger partial charge in [-0.15, -0.1) is 10.2 Å². The van der Waals surface area contributed by atoms with Gasteiger partial charge in [-0.3, -0.25) is 9.36 Å². The molecule has 4 aromatic rings.